The lowest BCUT2D eigenvalue weighted by molar-refractivity contribution is -0.126. The third-order valence-electron chi connectivity index (χ3n) is 6.19. The molecule has 2 N–H and O–H groups in total. The number of furan rings is 1. The summed E-state index contributed by atoms with van der Waals surface area (Å²) < 4.78 is 33.0. The molecule has 0 unspecified atom stereocenters. The zero-order chi connectivity index (χ0) is 22.6. The van der Waals surface area contributed by atoms with Crippen LogP contribution in [-0.4, -0.2) is 60.6 Å². The second-order valence-corrected chi connectivity index (χ2v) is 10.4. The zero-order valence-electron chi connectivity index (χ0n) is 18.1. The van der Waals surface area contributed by atoms with Crippen LogP contribution in [0.2, 0.25) is 0 Å². The zero-order valence-corrected chi connectivity index (χ0v) is 18.9. The largest absolute Gasteiger partial charge is 0.467 e. The van der Waals surface area contributed by atoms with Gasteiger partial charge in [0.15, 0.2) is 0 Å². The van der Waals surface area contributed by atoms with E-state index in [9.17, 15) is 18.0 Å². The number of sulfonamides is 1. The van der Waals surface area contributed by atoms with Gasteiger partial charge in [-0.2, -0.15) is 4.31 Å². The number of nitrogens with one attached hydrogen (secondary N) is 2. The Morgan fingerprint density at radius 1 is 1.12 bits per heavy atom. The molecule has 0 aromatic carbocycles. The molecule has 2 aromatic rings. The third-order valence-corrected chi connectivity index (χ3v) is 8.03. The number of nitrogens with zero attached hydrogens (tertiary/aromatic N) is 2. The fourth-order valence-corrected chi connectivity index (χ4v) is 5.86. The van der Waals surface area contributed by atoms with Crippen LogP contribution in [0.25, 0.3) is 0 Å². The lowest BCUT2D eigenvalue weighted by Crippen LogP contribution is -2.45. The second-order valence-electron chi connectivity index (χ2n) is 8.45. The van der Waals surface area contributed by atoms with Gasteiger partial charge in [-0.3, -0.25) is 9.59 Å². The first-order chi connectivity index (χ1) is 15.4. The van der Waals surface area contributed by atoms with Gasteiger partial charge in [-0.05, 0) is 43.9 Å². The minimum absolute atomic E-state index is 0.0623. The van der Waals surface area contributed by atoms with E-state index in [-0.39, 0.29) is 35.5 Å². The Hall–Kier alpha value is -2.59. The average Bonchev–Trinajstić information content (AvgIpc) is 3.44. The van der Waals surface area contributed by atoms with E-state index in [0.29, 0.717) is 38.2 Å². The number of piperidine rings is 1. The van der Waals surface area contributed by atoms with Crippen molar-refractivity contribution in [1.29, 1.82) is 0 Å². The first kappa shape index (κ1) is 22.6. The van der Waals surface area contributed by atoms with Gasteiger partial charge in [-0.25, -0.2) is 8.42 Å². The minimum atomic E-state index is -3.80. The van der Waals surface area contributed by atoms with E-state index in [2.05, 4.69) is 10.3 Å². The number of H-pyrrole nitrogens is 1. The van der Waals surface area contributed by atoms with Gasteiger partial charge in [-0.15, -0.1) is 0 Å². The molecular formula is C22H30N4O5S. The number of carbonyl (C=O) groups is 2. The standard InChI is InChI=1S/C22H30N4O5S/c27-21(24-14-18-8-6-12-31-18)17-7-5-11-26(16-17)32(29,30)19-13-20(23-15-19)22(28)25-9-3-1-2-4-10-25/h6,8,12-13,15,17,23H,1-5,7,9-11,14,16H2,(H,24,27)/t17-/m1/s1. The van der Waals surface area contributed by atoms with Crippen LogP contribution < -0.4 is 5.32 Å². The lowest BCUT2D eigenvalue weighted by atomic mass is 9.99. The number of amides is 2. The molecule has 4 rings (SSSR count). The van der Waals surface area contributed by atoms with E-state index in [1.807, 2.05) is 0 Å². The van der Waals surface area contributed by atoms with E-state index in [1.165, 1.54) is 16.6 Å². The fraction of sp³-hybridized carbons (Fsp3) is 0.545. The van der Waals surface area contributed by atoms with Crippen LogP contribution >= 0.6 is 0 Å². The van der Waals surface area contributed by atoms with E-state index in [0.717, 1.165) is 25.7 Å². The van der Waals surface area contributed by atoms with Crippen molar-refractivity contribution in [3.05, 3.63) is 42.1 Å². The lowest BCUT2D eigenvalue weighted by Gasteiger charge is -2.30. The normalized spacial score (nSPS) is 20.6. The Bertz CT molecular complexity index is 1020. The molecule has 2 saturated heterocycles. The fourth-order valence-electron chi connectivity index (χ4n) is 4.35. The van der Waals surface area contributed by atoms with Gasteiger partial charge in [0.05, 0.1) is 18.7 Å². The van der Waals surface area contributed by atoms with Crippen LogP contribution in [-0.2, 0) is 21.4 Å². The molecule has 0 radical (unpaired) electrons. The smallest absolute Gasteiger partial charge is 0.270 e. The summed E-state index contributed by atoms with van der Waals surface area (Å²) in [5.74, 6) is -0.132. The average molecular weight is 463 g/mol. The predicted molar refractivity (Wildman–Crippen MR) is 117 cm³/mol. The molecule has 32 heavy (non-hydrogen) atoms. The topological polar surface area (TPSA) is 116 Å². The second kappa shape index (κ2) is 9.91. The van der Waals surface area contributed by atoms with E-state index >= 15 is 0 Å². The van der Waals surface area contributed by atoms with Crippen LogP contribution in [0.1, 0.15) is 54.8 Å². The highest BCUT2D eigenvalue weighted by Gasteiger charge is 2.34. The number of hydrogen-bond acceptors (Lipinski definition) is 5. The van der Waals surface area contributed by atoms with Gasteiger partial charge in [0.2, 0.25) is 15.9 Å². The van der Waals surface area contributed by atoms with Crippen molar-refractivity contribution >= 4 is 21.8 Å². The molecule has 2 fully saturated rings. The Labute approximate surface area is 188 Å². The van der Waals surface area contributed by atoms with Crippen molar-refractivity contribution in [2.24, 2.45) is 5.92 Å². The molecule has 0 spiro atoms. The molecule has 174 valence electrons. The summed E-state index contributed by atoms with van der Waals surface area (Å²) in [6, 6.07) is 4.94. The maximum Gasteiger partial charge on any atom is 0.270 e. The number of likely N-dealkylation sites (tertiary alicyclic amines) is 1. The maximum absolute atomic E-state index is 13.2. The SMILES string of the molecule is O=C(NCc1ccco1)[C@@H]1CCCN(S(=O)(=O)c2c[nH]c(C(=O)N3CCCCCC3)c2)C1. The van der Waals surface area contributed by atoms with Gasteiger partial charge in [-0.1, -0.05) is 12.8 Å². The van der Waals surface area contributed by atoms with Crippen LogP contribution in [0, 0.1) is 5.92 Å². The third kappa shape index (κ3) is 5.07. The summed E-state index contributed by atoms with van der Waals surface area (Å²) in [4.78, 5) is 30.1. The molecule has 10 heteroatoms. The van der Waals surface area contributed by atoms with Crippen molar-refractivity contribution in [1.82, 2.24) is 19.5 Å². The number of carbonyl (C=O) groups excluding carboxylic acids is 2. The van der Waals surface area contributed by atoms with Crippen molar-refractivity contribution in [3.63, 3.8) is 0 Å². The van der Waals surface area contributed by atoms with E-state index in [4.69, 9.17) is 4.42 Å². The van der Waals surface area contributed by atoms with Crippen LogP contribution in [0.5, 0.6) is 0 Å². The van der Waals surface area contributed by atoms with Crippen LogP contribution in [0.15, 0.2) is 40.0 Å². The van der Waals surface area contributed by atoms with Gasteiger partial charge in [0.1, 0.15) is 16.3 Å². The van der Waals surface area contributed by atoms with Gasteiger partial charge >= 0.3 is 0 Å². The number of hydrogen-bond donors (Lipinski definition) is 2. The first-order valence-electron chi connectivity index (χ1n) is 11.2. The van der Waals surface area contributed by atoms with Crippen molar-refractivity contribution in [3.8, 4) is 0 Å². The molecule has 2 aliphatic heterocycles. The number of rotatable bonds is 6. The first-order valence-corrected chi connectivity index (χ1v) is 12.7. The van der Waals surface area contributed by atoms with Gasteiger partial charge < -0.3 is 19.6 Å². The highest BCUT2D eigenvalue weighted by molar-refractivity contribution is 7.89. The molecule has 0 aliphatic carbocycles. The Balaban J connectivity index is 1.40. The molecule has 2 aliphatic rings. The molecule has 2 amide bonds. The van der Waals surface area contributed by atoms with Crippen molar-refractivity contribution in [2.45, 2.75) is 50.0 Å². The Morgan fingerprint density at radius 2 is 1.91 bits per heavy atom. The van der Waals surface area contributed by atoms with E-state index in [1.54, 1.807) is 23.3 Å². The predicted octanol–water partition coefficient (Wildman–Crippen LogP) is 2.34. The molecule has 1 atom stereocenters. The summed E-state index contributed by atoms with van der Waals surface area (Å²) in [5.41, 5.74) is 0.287. The van der Waals surface area contributed by atoms with Crippen molar-refractivity contribution < 1.29 is 22.4 Å². The summed E-state index contributed by atoms with van der Waals surface area (Å²) in [6.45, 7) is 2.13. The summed E-state index contributed by atoms with van der Waals surface area (Å²) in [7, 11) is -3.80. The molecule has 2 aromatic heterocycles. The molecular weight excluding hydrogens is 432 g/mol. The van der Waals surface area contributed by atoms with Crippen LogP contribution in [0.4, 0.5) is 0 Å². The molecule has 4 heterocycles. The van der Waals surface area contributed by atoms with E-state index < -0.39 is 15.9 Å². The molecule has 0 bridgehead atoms. The highest BCUT2D eigenvalue weighted by Crippen LogP contribution is 2.25. The Morgan fingerprint density at radius 3 is 2.62 bits per heavy atom. The monoisotopic (exact) mass is 462 g/mol. The highest BCUT2D eigenvalue weighted by atomic mass is 32.2. The quantitative estimate of drug-likeness (QED) is 0.684. The maximum atomic E-state index is 13.2. The van der Waals surface area contributed by atoms with Gasteiger partial charge in [0.25, 0.3) is 5.91 Å². The summed E-state index contributed by atoms with van der Waals surface area (Å²) in [5, 5.41) is 2.82. The van der Waals surface area contributed by atoms with Gasteiger partial charge in [0, 0.05) is 32.4 Å². The Kier molecular flexibility index (Phi) is 7.00. The minimum Gasteiger partial charge on any atom is -0.467 e. The number of aromatic amines is 1. The van der Waals surface area contributed by atoms with Crippen LogP contribution in [0.3, 0.4) is 0 Å². The molecule has 0 saturated carbocycles. The summed E-state index contributed by atoms with van der Waals surface area (Å²) in [6.07, 6.45) is 8.30. The summed E-state index contributed by atoms with van der Waals surface area (Å²) >= 11 is 0. The van der Waals surface area contributed by atoms with Crippen molar-refractivity contribution in [2.75, 3.05) is 26.2 Å². The molecule has 9 nitrogen and oxygen atoms in total. The number of aromatic nitrogens is 1.